The van der Waals surface area contributed by atoms with E-state index in [1.807, 2.05) is 24.3 Å². The molecule has 1 aliphatic carbocycles. The van der Waals surface area contributed by atoms with Gasteiger partial charge in [0.15, 0.2) is 0 Å². The van der Waals surface area contributed by atoms with E-state index in [1.54, 1.807) is 0 Å². The fourth-order valence-corrected chi connectivity index (χ4v) is 6.66. The van der Waals surface area contributed by atoms with Crippen molar-refractivity contribution in [3.05, 3.63) is 59.7 Å². The molecule has 1 N–H and O–H groups in total. The van der Waals surface area contributed by atoms with Gasteiger partial charge in [-0.2, -0.15) is 4.31 Å². The van der Waals surface area contributed by atoms with Gasteiger partial charge in [-0.25, -0.2) is 16.8 Å². The number of nitrogens with one attached hydrogen (secondary N) is 1. The molecule has 1 atom stereocenters. The van der Waals surface area contributed by atoms with E-state index in [2.05, 4.69) is 5.32 Å². The number of carbonyl (C=O) groups is 1. The second-order valence-electron chi connectivity index (χ2n) is 8.49. The van der Waals surface area contributed by atoms with Crippen LogP contribution < -0.4 is 9.62 Å². The Kier molecular flexibility index (Phi) is 7.27. The first-order chi connectivity index (χ1) is 16.2. The van der Waals surface area contributed by atoms with E-state index in [-0.39, 0.29) is 29.7 Å². The third kappa shape index (κ3) is 5.43. The quantitative estimate of drug-likeness (QED) is 0.610. The number of aryl methyl sites for hydroxylation is 1. The third-order valence-corrected chi connectivity index (χ3v) is 9.18. The van der Waals surface area contributed by atoms with Crippen LogP contribution >= 0.6 is 0 Å². The second kappa shape index (κ2) is 10.0. The average Bonchev–Trinajstić information content (AvgIpc) is 2.83. The van der Waals surface area contributed by atoms with Crippen molar-refractivity contribution in [3.8, 4) is 0 Å². The Bertz CT molecular complexity index is 1240. The smallest absolute Gasteiger partial charge is 0.243 e. The van der Waals surface area contributed by atoms with Crippen molar-refractivity contribution in [3.63, 3.8) is 0 Å². The van der Waals surface area contributed by atoms with Gasteiger partial charge >= 0.3 is 0 Å². The number of ether oxygens (including phenoxy) is 1. The lowest BCUT2D eigenvalue weighted by Crippen LogP contribution is -2.42. The van der Waals surface area contributed by atoms with Crippen molar-refractivity contribution in [2.24, 2.45) is 0 Å². The van der Waals surface area contributed by atoms with Crippen LogP contribution in [0.1, 0.15) is 30.0 Å². The molecule has 0 bridgehead atoms. The highest BCUT2D eigenvalue weighted by Gasteiger charge is 2.28. The largest absolute Gasteiger partial charge is 0.379 e. The number of anilines is 1. The van der Waals surface area contributed by atoms with Crippen molar-refractivity contribution in [1.29, 1.82) is 0 Å². The van der Waals surface area contributed by atoms with Crippen molar-refractivity contribution in [2.75, 3.05) is 43.4 Å². The molecular formula is C23H29N3O6S2. The maximum Gasteiger partial charge on any atom is 0.243 e. The van der Waals surface area contributed by atoms with Crippen LogP contribution in [0.15, 0.2) is 53.4 Å². The van der Waals surface area contributed by atoms with Crippen molar-refractivity contribution >= 4 is 31.6 Å². The zero-order chi connectivity index (χ0) is 24.3. The molecule has 2 aromatic rings. The van der Waals surface area contributed by atoms with E-state index in [9.17, 15) is 21.6 Å². The van der Waals surface area contributed by atoms with E-state index in [0.717, 1.165) is 35.4 Å². The summed E-state index contributed by atoms with van der Waals surface area (Å²) in [6, 6.07) is 13.3. The predicted octanol–water partition coefficient (Wildman–Crippen LogP) is 1.67. The lowest BCUT2D eigenvalue weighted by molar-refractivity contribution is -0.120. The van der Waals surface area contributed by atoms with Gasteiger partial charge in [0.05, 0.1) is 36.1 Å². The Hall–Kier alpha value is -2.47. The predicted molar refractivity (Wildman–Crippen MR) is 128 cm³/mol. The van der Waals surface area contributed by atoms with E-state index < -0.39 is 32.5 Å². The van der Waals surface area contributed by atoms with Crippen LogP contribution in [0.25, 0.3) is 0 Å². The topological polar surface area (TPSA) is 113 Å². The van der Waals surface area contributed by atoms with E-state index in [4.69, 9.17) is 4.74 Å². The van der Waals surface area contributed by atoms with Crippen LogP contribution in [-0.2, 0) is 36.0 Å². The van der Waals surface area contributed by atoms with Crippen LogP contribution in [0.4, 0.5) is 5.69 Å². The van der Waals surface area contributed by atoms with Gasteiger partial charge in [0.2, 0.25) is 26.0 Å². The van der Waals surface area contributed by atoms with Crippen LogP contribution in [0, 0.1) is 0 Å². The van der Waals surface area contributed by atoms with Gasteiger partial charge in [-0.05, 0) is 54.7 Å². The fraction of sp³-hybridized carbons (Fsp3) is 0.435. The lowest BCUT2D eigenvalue weighted by atomic mass is 9.88. The second-order valence-corrected chi connectivity index (χ2v) is 12.3. The Morgan fingerprint density at radius 3 is 2.41 bits per heavy atom. The number of nitrogens with zero attached hydrogens (tertiary/aromatic N) is 2. The highest BCUT2D eigenvalue weighted by atomic mass is 32.2. The molecule has 1 heterocycles. The number of rotatable bonds is 7. The molecule has 184 valence electrons. The molecule has 34 heavy (non-hydrogen) atoms. The molecule has 1 aliphatic heterocycles. The summed E-state index contributed by atoms with van der Waals surface area (Å²) in [6.07, 6.45) is 3.71. The molecule has 0 saturated carbocycles. The summed E-state index contributed by atoms with van der Waals surface area (Å²) in [5, 5.41) is 2.97. The van der Waals surface area contributed by atoms with Gasteiger partial charge < -0.3 is 10.1 Å². The number of amides is 1. The summed E-state index contributed by atoms with van der Waals surface area (Å²) in [6.45, 7) is 0.806. The summed E-state index contributed by atoms with van der Waals surface area (Å²) in [5.41, 5.74) is 2.48. The van der Waals surface area contributed by atoms with Gasteiger partial charge in [-0.15, -0.1) is 0 Å². The summed E-state index contributed by atoms with van der Waals surface area (Å²) in [4.78, 5) is 12.9. The normalized spacial score (nSPS) is 19.3. The molecule has 0 spiro atoms. The van der Waals surface area contributed by atoms with Crippen molar-refractivity contribution < 1.29 is 26.4 Å². The molecule has 11 heteroatoms. The minimum atomic E-state index is -3.79. The summed E-state index contributed by atoms with van der Waals surface area (Å²) < 4.78 is 58.2. The number of fused-ring (bicyclic) bond motifs is 1. The molecule has 1 saturated heterocycles. The SMILES string of the molecule is CS(=O)(=O)N(CC(=O)NC1CCCc2ccccc21)c1ccc(S(=O)(=O)N2CCOCC2)cc1. The highest BCUT2D eigenvalue weighted by Crippen LogP contribution is 2.29. The molecule has 9 nitrogen and oxygen atoms in total. The van der Waals surface area contributed by atoms with Crippen LogP contribution in [0.3, 0.4) is 0 Å². The molecule has 1 unspecified atom stereocenters. The monoisotopic (exact) mass is 507 g/mol. The average molecular weight is 508 g/mol. The fourth-order valence-electron chi connectivity index (χ4n) is 4.39. The molecule has 1 fully saturated rings. The highest BCUT2D eigenvalue weighted by molar-refractivity contribution is 7.92. The van der Waals surface area contributed by atoms with Gasteiger partial charge in [0, 0.05) is 13.1 Å². The maximum absolute atomic E-state index is 12.9. The number of sulfonamides is 2. The van der Waals surface area contributed by atoms with Gasteiger partial charge in [-0.3, -0.25) is 9.10 Å². The van der Waals surface area contributed by atoms with Crippen molar-refractivity contribution in [1.82, 2.24) is 9.62 Å². The first kappa shape index (κ1) is 24.6. The number of hydrogen-bond donors (Lipinski definition) is 1. The Morgan fingerprint density at radius 2 is 1.74 bits per heavy atom. The number of morpholine rings is 1. The molecule has 0 radical (unpaired) electrons. The molecular weight excluding hydrogens is 478 g/mol. The minimum absolute atomic E-state index is 0.0647. The summed E-state index contributed by atoms with van der Waals surface area (Å²) >= 11 is 0. The summed E-state index contributed by atoms with van der Waals surface area (Å²) in [7, 11) is -7.49. The van der Waals surface area contributed by atoms with Crippen LogP contribution in [0.2, 0.25) is 0 Å². The molecule has 1 amide bonds. The lowest BCUT2D eigenvalue weighted by Gasteiger charge is -2.28. The van der Waals surface area contributed by atoms with E-state index in [0.29, 0.717) is 13.2 Å². The van der Waals surface area contributed by atoms with Crippen LogP contribution in [-0.4, -0.2) is 66.2 Å². The van der Waals surface area contributed by atoms with E-state index in [1.165, 1.54) is 34.1 Å². The zero-order valence-corrected chi connectivity index (χ0v) is 20.6. The van der Waals surface area contributed by atoms with Gasteiger partial charge in [-0.1, -0.05) is 24.3 Å². The van der Waals surface area contributed by atoms with E-state index >= 15 is 0 Å². The Labute approximate surface area is 200 Å². The summed E-state index contributed by atoms with van der Waals surface area (Å²) in [5.74, 6) is -0.419. The van der Waals surface area contributed by atoms with Gasteiger partial charge in [0.1, 0.15) is 6.54 Å². The molecule has 4 rings (SSSR count). The minimum Gasteiger partial charge on any atom is -0.379 e. The Balaban J connectivity index is 1.50. The molecule has 2 aliphatic rings. The number of benzene rings is 2. The maximum atomic E-state index is 12.9. The molecule has 0 aromatic heterocycles. The zero-order valence-electron chi connectivity index (χ0n) is 19.0. The Morgan fingerprint density at radius 1 is 1.06 bits per heavy atom. The first-order valence-corrected chi connectivity index (χ1v) is 14.5. The molecule has 2 aromatic carbocycles. The number of hydrogen-bond acceptors (Lipinski definition) is 6. The third-order valence-electron chi connectivity index (χ3n) is 6.12. The van der Waals surface area contributed by atoms with Gasteiger partial charge in [0.25, 0.3) is 0 Å². The first-order valence-electron chi connectivity index (χ1n) is 11.2. The standard InChI is InChI=1S/C23H29N3O6S2/c1-33(28,29)26(17-23(27)24-22-8-4-6-18-5-2-3-7-21(18)22)19-9-11-20(12-10-19)34(30,31)25-13-15-32-16-14-25/h2-3,5,7,9-12,22H,4,6,8,13-17H2,1H3,(H,24,27). The van der Waals surface area contributed by atoms with Crippen LogP contribution in [0.5, 0.6) is 0 Å². The number of carbonyl (C=O) groups excluding carboxylic acids is 1. The van der Waals surface area contributed by atoms with Crippen molar-refractivity contribution in [2.45, 2.75) is 30.2 Å².